The Balaban J connectivity index is 3.27. The van der Waals surface area contributed by atoms with Crippen molar-refractivity contribution in [1.82, 2.24) is 10.2 Å². The summed E-state index contributed by atoms with van der Waals surface area (Å²) in [6.07, 6.45) is 2.54. The molecular weight excluding hydrogens is 160 g/mol. The van der Waals surface area contributed by atoms with E-state index in [4.69, 9.17) is 0 Å². The van der Waals surface area contributed by atoms with E-state index in [9.17, 15) is 0 Å². The molecule has 0 aromatic heterocycles. The van der Waals surface area contributed by atoms with Gasteiger partial charge in [-0.2, -0.15) is 0 Å². The van der Waals surface area contributed by atoms with Gasteiger partial charge >= 0.3 is 0 Å². The van der Waals surface area contributed by atoms with Crippen molar-refractivity contribution in [3.05, 3.63) is 0 Å². The molecule has 0 saturated carbocycles. The molecule has 0 unspecified atom stereocenters. The van der Waals surface area contributed by atoms with Gasteiger partial charge in [-0.05, 0) is 39.0 Å². The van der Waals surface area contributed by atoms with Gasteiger partial charge < -0.3 is 10.2 Å². The van der Waals surface area contributed by atoms with E-state index in [2.05, 4.69) is 37.9 Å². The van der Waals surface area contributed by atoms with Crippen molar-refractivity contribution < 1.29 is 0 Å². The average molecular weight is 186 g/mol. The molecule has 0 saturated heterocycles. The van der Waals surface area contributed by atoms with E-state index >= 15 is 0 Å². The highest BCUT2D eigenvalue weighted by molar-refractivity contribution is 4.58. The van der Waals surface area contributed by atoms with E-state index in [1.807, 2.05) is 0 Å². The van der Waals surface area contributed by atoms with Crippen molar-refractivity contribution >= 4 is 0 Å². The molecule has 0 bridgehead atoms. The van der Waals surface area contributed by atoms with Crippen LogP contribution in [0.1, 0.15) is 40.5 Å². The molecule has 1 N–H and O–H groups in total. The van der Waals surface area contributed by atoms with Crippen molar-refractivity contribution in [2.75, 3.05) is 26.2 Å². The van der Waals surface area contributed by atoms with Gasteiger partial charge in [-0.15, -0.1) is 0 Å². The molecule has 0 heterocycles. The maximum Gasteiger partial charge on any atom is 0.00103 e. The third-order valence-electron chi connectivity index (χ3n) is 2.19. The number of rotatable bonds is 8. The van der Waals surface area contributed by atoms with Gasteiger partial charge in [-0.3, -0.25) is 0 Å². The highest BCUT2D eigenvalue weighted by Gasteiger charge is 1.99. The van der Waals surface area contributed by atoms with E-state index in [0.717, 1.165) is 6.54 Å². The van der Waals surface area contributed by atoms with E-state index in [0.29, 0.717) is 6.04 Å². The zero-order valence-electron chi connectivity index (χ0n) is 9.77. The van der Waals surface area contributed by atoms with Crippen molar-refractivity contribution in [2.24, 2.45) is 0 Å². The van der Waals surface area contributed by atoms with Crippen LogP contribution >= 0.6 is 0 Å². The van der Waals surface area contributed by atoms with Gasteiger partial charge in [0.25, 0.3) is 0 Å². The summed E-state index contributed by atoms with van der Waals surface area (Å²) in [7, 11) is 0. The van der Waals surface area contributed by atoms with Crippen LogP contribution < -0.4 is 5.32 Å². The fraction of sp³-hybridized carbons (Fsp3) is 1.00. The van der Waals surface area contributed by atoms with E-state index < -0.39 is 0 Å². The Bertz CT molecular complexity index is 102. The van der Waals surface area contributed by atoms with Crippen LogP contribution in [0.5, 0.6) is 0 Å². The molecule has 13 heavy (non-hydrogen) atoms. The average Bonchev–Trinajstić information content (AvgIpc) is 2.10. The van der Waals surface area contributed by atoms with Crippen molar-refractivity contribution in [1.29, 1.82) is 0 Å². The smallest absolute Gasteiger partial charge is 0.00103 e. The first kappa shape index (κ1) is 12.9. The van der Waals surface area contributed by atoms with Gasteiger partial charge in [0.05, 0.1) is 0 Å². The van der Waals surface area contributed by atoms with Crippen molar-refractivity contribution in [3.63, 3.8) is 0 Å². The molecule has 0 radical (unpaired) electrons. The predicted molar refractivity (Wildman–Crippen MR) is 60.2 cm³/mol. The lowest BCUT2D eigenvalue weighted by molar-refractivity contribution is 0.282. The van der Waals surface area contributed by atoms with Gasteiger partial charge in [-0.1, -0.05) is 27.7 Å². The van der Waals surface area contributed by atoms with E-state index in [1.165, 1.54) is 32.5 Å². The number of nitrogens with one attached hydrogen (secondary N) is 1. The summed E-state index contributed by atoms with van der Waals surface area (Å²) in [6, 6.07) is 0.626. The van der Waals surface area contributed by atoms with Crippen LogP contribution in [-0.2, 0) is 0 Å². The molecule has 2 nitrogen and oxygen atoms in total. The van der Waals surface area contributed by atoms with Crippen LogP contribution in [0.3, 0.4) is 0 Å². The van der Waals surface area contributed by atoms with Crippen LogP contribution in [0.2, 0.25) is 0 Å². The minimum absolute atomic E-state index is 0.626. The summed E-state index contributed by atoms with van der Waals surface area (Å²) in [5.41, 5.74) is 0. The molecule has 0 rings (SSSR count). The van der Waals surface area contributed by atoms with Crippen molar-refractivity contribution in [2.45, 2.75) is 46.6 Å². The summed E-state index contributed by atoms with van der Waals surface area (Å²) < 4.78 is 0. The van der Waals surface area contributed by atoms with Gasteiger partial charge in [0.15, 0.2) is 0 Å². The lowest BCUT2D eigenvalue weighted by atomic mass is 10.3. The number of hydrogen-bond donors (Lipinski definition) is 1. The van der Waals surface area contributed by atoms with Crippen LogP contribution in [0, 0.1) is 0 Å². The Kier molecular flexibility index (Phi) is 8.46. The molecule has 0 fully saturated rings. The molecule has 2 heteroatoms. The first-order valence-corrected chi connectivity index (χ1v) is 5.66. The maximum absolute atomic E-state index is 3.44. The first-order valence-electron chi connectivity index (χ1n) is 5.66. The fourth-order valence-electron chi connectivity index (χ4n) is 1.44. The summed E-state index contributed by atoms with van der Waals surface area (Å²) >= 11 is 0. The largest absolute Gasteiger partial charge is 0.314 e. The van der Waals surface area contributed by atoms with Crippen LogP contribution in [0.4, 0.5) is 0 Å². The fourth-order valence-corrected chi connectivity index (χ4v) is 1.44. The summed E-state index contributed by atoms with van der Waals surface area (Å²) in [6.45, 7) is 13.7. The Labute approximate surface area is 83.7 Å². The Morgan fingerprint density at radius 1 is 1.15 bits per heavy atom. The van der Waals surface area contributed by atoms with Gasteiger partial charge in [0, 0.05) is 6.04 Å². The Hall–Kier alpha value is -0.0800. The summed E-state index contributed by atoms with van der Waals surface area (Å²) in [4.78, 5) is 2.52. The molecular formula is C11H26N2. The highest BCUT2D eigenvalue weighted by Crippen LogP contribution is 1.92. The molecule has 0 spiro atoms. The minimum Gasteiger partial charge on any atom is -0.314 e. The normalized spacial score (nSPS) is 11.5. The zero-order chi connectivity index (χ0) is 10.1. The summed E-state index contributed by atoms with van der Waals surface area (Å²) in [5, 5.41) is 3.44. The highest BCUT2D eigenvalue weighted by atomic mass is 15.1. The lowest BCUT2D eigenvalue weighted by Gasteiger charge is -2.19. The molecule has 0 aliphatic heterocycles. The van der Waals surface area contributed by atoms with E-state index in [1.54, 1.807) is 0 Å². The zero-order valence-corrected chi connectivity index (χ0v) is 9.77. The third-order valence-corrected chi connectivity index (χ3v) is 2.19. The molecule has 0 aliphatic rings. The molecule has 80 valence electrons. The van der Waals surface area contributed by atoms with Crippen molar-refractivity contribution in [3.8, 4) is 0 Å². The van der Waals surface area contributed by atoms with Gasteiger partial charge in [-0.25, -0.2) is 0 Å². The Morgan fingerprint density at radius 2 is 1.85 bits per heavy atom. The Morgan fingerprint density at radius 3 is 2.31 bits per heavy atom. The molecule has 0 atom stereocenters. The third kappa shape index (κ3) is 8.26. The second kappa shape index (κ2) is 8.52. The standard InChI is InChI=1S/C11H26N2/c1-5-9-13(6-2)10-7-8-12-11(3)4/h11-12H,5-10H2,1-4H3. The monoisotopic (exact) mass is 186 g/mol. The lowest BCUT2D eigenvalue weighted by Crippen LogP contribution is -2.30. The van der Waals surface area contributed by atoms with Crippen LogP contribution in [-0.4, -0.2) is 37.1 Å². The number of nitrogens with zero attached hydrogens (tertiary/aromatic N) is 1. The summed E-state index contributed by atoms with van der Waals surface area (Å²) in [5.74, 6) is 0. The molecule has 0 aliphatic carbocycles. The van der Waals surface area contributed by atoms with Gasteiger partial charge in [0.2, 0.25) is 0 Å². The maximum atomic E-state index is 3.44. The molecule has 0 aromatic carbocycles. The van der Waals surface area contributed by atoms with E-state index in [-0.39, 0.29) is 0 Å². The molecule has 0 amide bonds. The quantitative estimate of drug-likeness (QED) is 0.584. The SMILES string of the molecule is CCCN(CC)CCCNC(C)C. The van der Waals surface area contributed by atoms with Gasteiger partial charge in [0.1, 0.15) is 0 Å². The predicted octanol–water partition coefficient (Wildman–Crippen LogP) is 2.11. The van der Waals surface area contributed by atoms with Crippen LogP contribution in [0.25, 0.3) is 0 Å². The molecule has 0 aromatic rings. The second-order valence-corrected chi connectivity index (χ2v) is 3.90. The number of hydrogen-bond acceptors (Lipinski definition) is 2. The van der Waals surface area contributed by atoms with Crippen LogP contribution in [0.15, 0.2) is 0 Å². The first-order chi connectivity index (χ1) is 6.20. The minimum atomic E-state index is 0.626. The topological polar surface area (TPSA) is 15.3 Å². The second-order valence-electron chi connectivity index (χ2n) is 3.90.